The summed E-state index contributed by atoms with van der Waals surface area (Å²) in [6.45, 7) is 14.2. The molecule has 1 fully saturated rings. The number of allylic oxidation sites excluding steroid dienone is 1. The van der Waals surface area contributed by atoms with E-state index in [-0.39, 0.29) is 42.5 Å². The number of likely N-dealkylation sites (tertiary alicyclic amines) is 1. The van der Waals surface area contributed by atoms with Gasteiger partial charge in [-0.15, -0.1) is 0 Å². The third-order valence-corrected chi connectivity index (χ3v) is 7.94. The Balaban J connectivity index is 1.21. The van der Waals surface area contributed by atoms with Crippen LogP contribution in [0.4, 0.5) is 5.82 Å². The minimum Gasteiger partial charge on any atom is -0.507 e. The Kier molecular flexibility index (Phi) is 10.9. The average molecular weight is 608 g/mol. The highest BCUT2D eigenvalue weighted by Crippen LogP contribution is 2.25. The number of ether oxygens (including phenoxy) is 1. The van der Waals surface area contributed by atoms with Crippen LogP contribution in [-0.4, -0.2) is 100.0 Å². The standard InChI is InChI=1S/C32H45N7O5/c1-21(33-5)28(41)19-44-26-7-6-23-17-38(11-8-22(23)14-26)18-25(40)16-34-30(42)27-15-29(36-20-35-27)37-24-9-12-39(13-10-24)31(43)32(2,3)4/h6-7,14-15,20,24-25,40-41H,5,8-13,16-19H2,1-4H3,(H,34,42)(H,35,36,37)/t25-/m0/s1. The number of anilines is 1. The van der Waals surface area contributed by atoms with Crippen molar-refractivity contribution in [1.82, 2.24) is 25.1 Å². The van der Waals surface area contributed by atoms with Crippen molar-refractivity contribution in [2.75, 3.05) is 44.6 Å². The van der Waals surface area contributed by atoms with Crippen LogP contribution >= 0.6 is 0 Å². The fourth-order valence-corrected chi connectivity index (χ4v) is 5.32. The van der Waals surface area contributed by atoms with Gasteiger partial charge < -0.3 is 30.5 Å². The fourth-order valence-electron chi connectivity index (χ4n) is 5.32. The van der Waals surface area contributed by atoms with Crippen molar-refractivity contribution in [2.45, 2.75) is 65.6 Å². The molecule has 12 heteroatoms. The Morgan fingerprint density at radius 2 is 1.91 bits per heavy atom. The quantitative estimate of drug-likeness (QED) is 0.223. The van der Waals surface area contributed by atoms with Crippen molar-refractivity contribution >= 4 is 24.3 Å². The maximum Gasteiger partial charge on any atom is 0.270 e. The number of carbonyl (C=O) groups excluding carboxylic acids is 2. The van der Waals surface area contributed by atoms with E-state index in [2.05, 4.69) is 37.2 Å². The topological polar surface area (TPSA) is 153 Å². The molecule has 0 spiro atoms. The number of amides is 2. The molecule has 2 aliphatic heterocycles. The number of aliphatic hydroxyl groups is 2. The third kappa shape index (κ3) is 8.99. The van der Waals surface area contributed by atoms with Gasteiger partial charge in [-0.25, -0.2) is 9.97 Å². The summed E-state index contributed by atoms with van der Waals surface area (Å²) in [5.41, 5.74) is 2.58. The maximum atomic E-state index is 12.8. The molecule has 0 bridgehead atoms. The Morgan fingerprint density at radius 1 is 1.16 bits per heavy atom. The van der Waals surface area contributed by atoms with Crippen LogP contribution in [0.1, 0.15) is 62.2 Å². The highest BCUT2D eigenvalue weighted by Gasteiger charge is 2.30. The van der Waals surface area contributed by atoms with Crippen LogP contribution in [0.2, 0.25) is 0 Å². The first-order valence-electron chi connectivity index (χ1n) is 15.1. The van der Waals surface area contributed by atoms with E-state index in [1.807, 2.05) is 43.9 Å². The van der Waals surface area contributed by atoms with Gasteiger partial charge in [0, 0.05) is 56.8 Å². The van der Waals surface area contributed by atoms with E-state index in [0.717, 1.165) is 31.4 Å². The molecule has 44 heavy (non-hydrogen) atoms. The number of nitrogens with one attached hydrogen (secondary N) is 2. The fraction of sp³-hybridized carbons (Fsp3) is 0.531. The number of hydrogen-bond donors (Lipinski definition) is 4. The van der Waals surface area contributed by atoms with Crippen molar-refractivity contribution < 1.29 is 24.5 Å². The number of benzene rings is 1. The van der Waals surface area contributed by atoms with E-state index in [4.69, 9.17) is 4.74 Å². The first kappa shape index (κ1) is 32.9. The predicted molar refractivity (Wildman–Crippen MR) is 169 cm³/mol. The van der Waals surface area contributed by atoms with Crippen LogP contribution in [0, 0.1) is 5.41 Å². The van der Waals surface area contributed by atoms with Gasteiger partial charge in [-0.2, -0.15) is 0 Å². The molecule has 2 aliphatic rings. The molecular weight excluding hydrogens is 562 g/mol. The number of carbonyl (C=O) groups is 2. The van der Waals surface area contributed by atoms with Gasteiger partial charge in [0.15, 0.2) is 5.76 Å². The summed E-state index contributed by atoms with van der Waals surface area (Å²) < 4.78 is 5.69. The van der Waals surface area contributed by atoms with E-state index in [0.29, 0.717) is 43.4 Å². The van der Waals surface area contributed by atoms with Crippen molar-refractivity contribution in [1.29, 1.82) is 0 Å². The molecule has 1 saturated heterocycles. The number of β-amino-alcohol motifs (C(OH)–C–C–N with tert-alkyl or cyclic N) is 1. The van der Waals surface area contributed by atoms with E-state index in [9.17, 15) is 19.8 Å². The largest absolute Gasteiger partial charge is 0.507 e. The highest BCUT2D eigenvalue weighted by molar-refractivity contribution is 5.92. The number of fused-ring (bicyclic) bond motifs is 1. The number of aromatic nitrogens is 2. The van der Waals surface area contributed by atoms with Gasteiger partial charge in [-0.1, -0.05) is 26.8 Å². The normalized spacial score (nSPS) is 17.2. The first-order valence-corrected chi connectivity index (χ1v) is 15.1. The lowest BCUT2D eigenvalue weighted by molar-refractivity contribution is -0.140. The van der Waals surface area contributed by atoms with Gasteiger partial charge in [-0.05, 0) is 56.2 Å². The van der Waals surface area contributed by atoms with Crippen molar-refractivity contribution in [3.8, 4) is 5.75 Å². The summed E-state index contributed by atoms with van der Waals surface area (Å²) in [4.78, 5) is 41.5. The summed E-state index contributed by atoms with van der Waals surface area (Å²) in [7, 11) is 0. The van der Waals surface area contributed by atoms with E-state index in [1.54, 1.807) is 13.0 Å². The second-order valence-corrected chi connectivity index (χ2v) is 12.5. The summed E-state index contributed by atoms with van der Waals surface area (Å²) in [6, 6.07) is 7.61. The number of piperidine rings is 1. The number of aliphatic imine (C=N–C) groups is 1. The lowest BCUT2D eigenvalue weighted by atomic mass is 9.93. The van der Waals surface area contributed by atoms with Crippen LogP contribution in [-0.2, 0) is 17.8 Å². The number of aliphatic hydroxyl groups excluding tert-OH is 2. The van der Waals surface area contributed by atoms with Gasteiger partial charge in [0.25, 0.3) is 5.91 Å². The molecule has 3 heterocycles. The molecule has 4 rings (SSSR count). The van der Waals surface area contributed by atoms with Crippen LogP contribution in [0.25, 0.3) is 0 Å². The molecule has 0 aliphatic carbocycles. The van der Waals surface area contributed by atoms with E-state index >= 15 is 0 Å². The number of rotatable bonds is 11. The van der Waals surface area contributed by atoms with Crippen LogP contribution in [0.15, 0.2) is 47.0 Å². The van der Waals surface area contributed by atoms with Crippen LogP contribution in [0.5, 0.6) is 5.75 Å². The maximum absolute atomic E-state index is 12.8. The SMILES string of the molecule is C=NC(C)=C(O)COc1ccc2c(c1)CCN(C[C@@H](O)CNC(=O)c1cc(NC3CCN(C(=O)C(C)(C)C)CC3)ncn1)C2. The minimum absolute atomic E-state index is 0.0287. The molecule has 0 saturated carbocycles. The first-order chi connectivity index (χ1) is 20.9. The Labute approximate surface area is 259 Å². The van der Waals surface area contributed by atoms with E-state index in [1.165, 1.54) is 11.9 Å². The van der Waals surface area contributed by atoms with Gasteiger partial charge in [0.1, 0.15) is 30.2 Å². The molecule has 1 atom stereocenters. The van der Waals surface area contributed by atoms with Gasteiger partial charge in [-0.3, -0.25) is 19.5 Å². The molecule has 2 amide bonds. The number of nitrogens with zero attached hydrogens (tertiary/aromatic N) is 5. The van der Waals surface area contributed by atoms with Crippen molar-refractivity contribution in [3.05, 3.63) is 58.9 Å². The van der Waals surface area contributed by atoms with E-state index < -0.39 is 11.5 Å². The predicted octanol–water partition coefficient (Wildman–Crippen LogP) is 2.94. The summed E-state index contributed by atoms with van der Waals surface area (Å²) in [5.74, 6) is 1.06. The molecule has 0 unspecified atom stereocenters. The Bertz CT molecular complexity index is 1370. The Morgan fingerprint density at radius 3 is 2.61 bits per heavy atom. The summed E-state index contributed by atoms with van der Waals surface area (Å²) in [6.07, 6.45) is 2.99. The lowest BCUT2D eigenvalue weighted by Crippen LogP contribution is -2.46. The van der Waals surface area contributed by atoms with Crippen LogP contribution in [0.3, 0.4) is 0 Å². The summed E-state index contributed by atoms with van der Waals surface area (Å²) in [5, 5.41) is 26.8. The zero-order chi connectivity index (χ0) is 31.9. The van der Waals surface area contributed by atoms with Crippen molar-refractivity contribution in [2.24, 2.45) is 10.4 Å². The van der Waals surface area contributed by atoms with Gasteiger partial charge >= 0.3 is 0 Å². The molecule has 238 valence electrons. The minimum atomic E-state index is -0.750. The van der Waals surface area contributed by atoms with Crippen molar-refractivity contribution in [3.63, 3.8) is 0 Å². The Hall–Kier alpha value is -4.03. The second kappa shape index (κ2) is 14.6. The van der Waals surface area contributed by atoms with Gasteiger partial charge in [0.2, 0.25) is 5.91 Å². The monoisotopic (exact) mass is 607 g/mol. The molecule has 1 aromatic heterocycles. The highest BCUT2D eigenvalue weighted by atomic mass is 16.5. The zero-order valence-corrected chi connectivity index (χ0v) is 26.2. The lowest BCUT2D eigenvalue weighted by Gasteiger charge is -2.36. The molecule has 2 aromatic rings. The third-order valence-electron chi connectivity index (χ3n) is 7.94. The molecular formula is C32H45N7O5. The zero-order valence-electron chi connectivity index (χ0n) is 26.2. The average Bonchev–Trinajstić information content (AvgIpc) is 3.01. The van der Waals surface area contributed by atoms with Crippen LogP contribution < -0.4 is 15.4 Å². The smallest absolute Gasteiger partial charge is 0.270 e. The summed E-state index contributed by atoms with van der Waals surface area (Å²) >= 11 is 0. The second-order valence-electron chi connectivity index (χ2n) is 12.5. The molecule has 1 aromatic carbocycles. The molecule has 12 nitrogen and oxygen atoms in total. The molecule has 0 radical (unpaired) electrons. The molecule has 4 N–H and O–H groups in total. The van der Waals surface area contributed by atoms with Gasteiger partial charge in [0.05, 0.1) is 11.8 Å². The number of hydrogen-bond acceptors (Lipinski definition) is 10.